The molecule has 0 atom stereocenters. The Bertz CT molecular complexity index is 536. The molecule has 0 N–H and O–H groups in total. The molecule has 2 heterocycles. The van der Waals surface area contributed by atoms with Crippen molar-refractivity contribution in [3.63, 3.8) is 0 Å². The van der Waals surface area contributed by atoms with Crippen molar-refractivity contribution in [2.24, 2.45) is 0 Å². The van der Waals surface area contributed by atoms with Crippen molar-refractivity contribution in [1.29, 1.82) is 0 Å². The van der Waals surface area contributed by atoms with Crippen LogP contribution in [0.3, 0.4) is 0 Å². The van der Waals surface area contributed by atoms with Gasteiger partial charge >= 0.3 is 0 Å². The molecule has 1 aromatic carbocycles. The van der Waals surface area contributed by atoms with Crippen molar-refractivity contribution in [3.05, 3.63) is 52.8 Å². The van der Waals surface area contributed by atoms with Crippen LogP contribution in [-0.2, 0) is 9.47 Å². The average molecular weight is 306 g/mol. The second-order valence-corrected chi connectivity index (χ2v) is 4.96. The fourth-order valence-electron chi connectivity index (χ4n) is 2.02. The SMILES string of the molecule is Brc1ccc(-c2ccncc2C2OCCO2)cc1. The molecule has 3 rings (SSSR count). The van der Waals surface area contributed by atoms with Crippen molar-refractivity contribution in [3.8, 4) is 11.1 Å². The van der Waals surface area contributed by atoms with Gasteiger partial charge in [0, 0.05) is 22.4 Å². The first-order valence-corrected chi connectivity index (χ1v) is 6.57. The van der Waals surface area contributed by atoms with E-state index in [9.17, 15) is 0 Å². The number of hydrogen-bond donors (Lipinski definition) is 0. The van der Waals surface area contributed by atoms with Crippen LogP contribution >= 0.6 is 15.9 Å². The molecule has 92 valence electrons. The molecule has 1 aliphatic rings. The van der Waals surface area contributed by atoms with Crippen LogP contribution in [0.15, 0.2) is 47.2 Å². The minimum atomic E-state index is -0.294. The van der Waals surface area contributed by atoms with E-state index in [-0.39, 0.29) is 6.29 Å². The van der Waals surface area contributed by atoms with E-state index in [0.717, 1.165) is 21.2 Å². The predicted octanol–water partition coefficient (Wildman–Crippen LogP) is 3.56. The van der Waals surface area contributed by atoms with Gasteiger partial charge in [-0.1, -0.05) is 28.1 Å². The number of pyridine rings is 1. The molecule has 0 aliphatic carbocycles. The van der Waals surface area contributed by atoms with E-state index in [1.807, 2.05) is 24.4 Å². The van der Waals surface area contributed by atoms with Crippen LogP contribution in [0.25, 0.3) is 11.1 Å². The molecular weight excluding hydrogens is 294 g/mol. The zero-order valence-corrected chi connectivity index (χ0v) is 11.3. The summed E-state index contributed by atoms with van der Waals surface area (Å²) in [4.78, 5) is 4.16. The van der Waals surface area contributed by atoms with E-state index in [1.165, 1.54) is 0 Å². The maximum atomic E-state index is 5.55. The summed E-state index contributed by atoms with van der Waals surface area (Å²) in [5.41, 5.74) is 3.22. The molecule has 0 bridgehead atoms. The minimum Gasteiger partial charge on any atom is -0.346 e. The fourth-order valence-corrected chi connectivity index (χ4v) is 2.29. The van der Waals surface area contributed by atoms with Crippen LogP contribution < -0.4 is 0 Å². The molecule has 1 aliphatic heterocycles. The van der Waals surface area contributed by atoms with Gasteiger partial charge in [-0.15, -0.1) is 0 Å². The highest BCUT2D eigenvalue weighted by Gasteiger charge is 2.21. The maximum Gasteiger partial charge on any atom is 0.186 e. The summed E-state index contributed by atoms with van der Waals surface area (Å²) >= 11 is 3.44. The summed E-state index contributed by atoms with van der Waals surface area (Å²) < 4.78 is 12.2. The second kappa shape index (κ2) is 5.18. The van der Waals surface area contributed by atoms with Gasteiger partial charge < -0.3 is 9.47 Å². The monoisotopic (exact) mass is 305 g/mol. The van der Waals surface area contributed by atoms with Crippen LogP contribution in [0.2, 0.25) is 0 Å². The number of nitrogens with zero attached hydrogens (tertiary/aromatic N) is 1. The van der Waals surface area contributed by atoms with E-state index < -0.39 is 0 Å². The molecule has 0 amide bonds. The zero-order valence-electron chi connectivity index (χ0n) is 9.67. The molecule has 1 fully saturated rings. The summed E-state index contributed by atoms with van der Waals surface area (Å²) in [6.45, 7) is 1.28. The lowest BCUT2D eigenvalue weighted by molar-refractivity contribution is -0.0439. The maximum absolute atomic E-state index is 5.55. The molecule has 18 heavy (non-hydrogen) atoms. The highest BCUT2D eigenvalue weighted by atomic mass is 79.9. The van der Waals surface area contributed by atoms with E-state index in [2.05, 4.69) is 33.0 Å². The van der Waals surface area contributed by atoms with Gasteiger partial charge in [-0.05, 0) is 29.3 Å². The molecule has 0 spiro atoms. The summed E-state index contributed by atoms with van der Waals surface area (Å²) in [5, 5.41) is 0. The van der Waals surface area contributed by atoms with Gasteiger partial charge in [0.15, 0.2) is 6.29 Å². The number of benzene rings is 1. The van der Waals surface area contributed by atoms with Gasteiger partial charge in [0.25, 0.3) is 0 Å². The molecule has 1 saturated heterocycles. The first-order valence-electron chi connectivity index (χ1n) is 5.77. The van der Waals surface area contributed by atoms with Crippen molar-refractivity contribution in [1.82, 2.24) is 4.98 Å². The Morgan fingerprint density at radius 3 is 2.50 bits per heavy atom. The van der Waals surface area contributed by atoms with E-state index in [4.69, 9.17) is 9.47 Å². The van der Waals surface area contributed by atoms with Crippen LogP contribution in [0.1, 0.15) is 11.9 Å². The Balaban J connectivity index is 2.03. The van der Waals surface area contributed by atoms with E-state index >= 15 is 0 Å². The molecular formula is C14H12BrNO2. The highest BCUT2D eigenvalue weighted by molar-refractivity contribution is 9.10. The van der Waals surface area contributed by atoms with Gasteiger partial charge in [0.2, 0.25) is 0 Å². The van der Waals surface area contributed by atoms with Crippen molar-refractivity contribution in [2.45, 2.75) is 6.29 Å². The molecule has 0 saturated carbocycles. The smallest absolute Gasteiger partial charge is 0.186 e. The zero-order chi connectivity index (χ0) is 12.4. The Hall–Kier alpha value is -1.23. The van der Waals surface area contributed by atoms with Crippen LogP contribution in [0.5, 0.6) is 0 Å². The third-order valence-corrected chi connectivity index (χ3v) is 3.41. The molecule has 0 unspecified atom stereocenters. The first-order chi connectivity index (χ1) is 8.84. The summed E-state index contributed by atoms with van der Waals surface area (Å²) in [5.74, 6) is 0. The second-order valence-electron chi connectivity index (χ2n) is 4.04. The largest absolute Gasteiger partial charge is 0.346 e. The summed E-state index contributed by atoms with van der Waals surface area (Å²) in [6, 6.07) is 10.2. The number of halogens is 1. The third-order valence-electron chi connectivity index (χ3n) is 2.88. The first kappa shape index (κ1) is 11.8. The summed E-state index contributed by atoms with van der Waals surface area (Å²) in [7, 11) is 0. The normalized spacial score (nSPS) is 16.1. The van der Waals surface area contributed by atoms with Crippen LogP contribution in [0.4, 0.5) is 0 Å². The van der Waals surface area contributed by atoms with Gasteiger partial charge in [-0.3, -0.25) is 4.98 Å². The van der Waals surface area contributed by atoms with Crippen molar-refractivity contribution < 1.29 is 9.47 Å². The Kier molecular flexibility index (Phi) is 3.41. The van der Waals surface area contributed by atoms with Gasteiger partial charge in [-0.25, -0.2) is 0 Å². The Morgan fingerprint density at radius 1 is 1.06 bits per heavy atom. The number of aromatic nitrogens is 1. The topological polar surface area (TPSA) is 31.4 Å². The molecule has 3 nitrogen and oxygen atoms in total. The van der Waals surface area contributed by atoms with Crippen LogP contribution in [0, 0.1) is 0 Å². The number of rotatable bonds is 2. The lowest BCUT2D eigenvalue weighted by atomic mass is 10.0. The van der Waals surface area contributed by atoms with Crippen LogP contribution in [-0.4, -0.2) is 18.2 Å². The van der Waals surface area contributed by atoms with E-state index in [1.54, 1.807) is 6.20 Å². The minimum absolute atomic E-state index is 0.294. The average Bonchev–Trinajstić information content (AvgIpc) is 2.93. The fraction of sp³-hybridized carbons (Fsp3) is 0.214. The summed E-state index contributed by atoms with van der Waals surface area (Å²) in [6.07, 6.45) is 3.31. The predicted molar refractivity (Wildman–Crippen MR) is 72.0 cm³/mol. The number of hydrogen-bond acceptors (Lipinski definition) is 3. The lowest BCUT2D eigenvalue weighted by Crippen LogP contribution is -2.01. The van der Waals surface area contributed by atoms with Gasteiger partial charge in [0.1, 0.15) is 0 Å². The van der Waals surface area contributed by atoms with Gasteiger partial charge in [0.05, 0.1) is 13.2 Å². The van der Waals surface area contributed by atoms with Crippen molar-refractivity contribution >= 4 is 15.9 Å². The molecule has 4 heteroatoms. The third kappa shape index (κ3) is 2.32. The van der Waals surface area contributed by atoms with Gasteiger partial charge in [-0.2, -0.15) is 0 Å². The Morgan fingerprint density at radius 2 is 1.78 bits per heavy atom. The quantitative estimate of drug-likeness (QED) is 0.850. The molecule has 2 aromatic rings. The van der Waals surface area contributed by atoms with Crippen molar-refractivity contribution in [2.75, 3.05) is 13.2 Å². The molecule has 1 aromatic heterocycles. The number of ether oxygens (including phenoxy) is 2. The Labute approximate surface area is 114 Å². The molecule has 0 radical (unpaired) electrons. The van der Waals surface area contributed by atoms with E-state index in [0.29, 0.717) is 13.2 Å². The highest BCUT2D eigenvalue weighted by Crippen LogP contribution is 2.32. The lowest BCUT2D eigenvalue weighted by Gasteiger charge is -2.14. The standard InChI is InChI=1S/C14H12BrNO2/c15-11-3-1-10(2-4-11)12-5-6-16-9-13(12)14-17-7-8-18-14/h1-6,9,14H,7-8H2.